The first-order chi connectivity index (χ1) is 12.2. The van der Waals surface area contributed by atoms with Gasteiger partial charge in [0.1, 0.15) is 11.6 Å². The van der Waals surface area contributed by atoms with Gasteiger partial charge in [-0.05, 0) is 19.1 Å². The third kappa shape index (κ3) is 3.67. The first-order valence-corrected chi connectivity index (χ1v) is 8.66. The standard InChI is InChI=1S/C19H23N5O.ClH/c1-14-16(22-19(25-14)15-6-4-3-5-7-15)13-24-11-8-20-12-17(24)18-21-9-10-23(18)2;/h3-7,9-10,17,20H,8,11-13H2,1-2H3;1H. The molecule has 3 heterocycles. The molecule has 0 bridgehead atoms. The number of aryl methyl sites for hydroxylation is 2. The van der Waals surface area contributed by atoms with Crippen LogP contribution < -0.4 is 5.32 Å². The van der Waals surface area contributed by atoms with Gasteiger partial charge in [-0.25, -0.2) is 9.97 Å². The van der Waals surface area contributed by atoms with Crippen molar-refractivity contribution < 1.29 is 4.42 Å². The van der Waals surface area contributed by atoms with Gasteiger partial charge >= 0.3 is 0 Å². The maximum absolute atomic E-state index is 5.92. The van der Waals surface area contributed by atoms with Gasteiger partial charge in [0.2, 0.25) is 5.89 Å². The van der Waals surface area contributed by atoms with Crippen LogP contribution in [0.5, 0.6) is 0 Å². The highest BCUT2D eigenvalue weighted by molar-refractivity contribution is 5.85. The van der Waals surface area contributed by atoms with Crippen molar-refractivity contribution >= 4 is 12.4 Å². The van der Waals surface area contributed by atoms with Gasteiger partial charge in [-0.15, -0.1) is 12.4 Å². The highest BCUT2D eigenvalue weighted by atomic mass is 35.5. The fourth-order valence-corrected chi connectivity index (χ4v) is 3.36. The summed E-state index contributed by atoms with van der Waals surface area (Å²) < 4.78 is 8.01. The molecule has 0 aliphatic carbocycles. The van der Waals surface area contributed by atoms with Gasteiger partial charge in [0.05, 0.1) is 11.7 Å². The zero-order valence-corrected chi connectivity index (χ0v) is 15.9. The lowest BCUT2D eigenvalue weighted by atomic mass is 10.1. The molecule has 6 nitrogen and oxygen atoms in total. The molecule has 1 aliphatic rings. The number of halogens is 1. The van der Waals surface area contributed by atoms with Crippen LogP contribution in [0.4, 0.5) is 0 Å². The zero-order valence-electron chi connectivity index (χ0n) is 15.1. The van der Waals surface area contributed by atoms with Crippen LogP contribution in [0.15, 0.2) is 47.1 Å². The van der Waals surface area contributed by atoms with Crippen molar-refractivity contribution in [3.8, 4) is 11.5 Å². The molecule has 1 saturated heterocycles. The predicted octanol–water partition coefficient (Wildman–Crippen LogP) is 2.95. The number of oxazole rings is 1. The average molecular weight is 374 g/mol. The van der Waals surface area contributed by atoms with Gasteiger partial charge in [-0.1, -0.05) is 18.2 Å². The number of hydrogen-bond donors (Lipinski definition) is 1. The lowest BCUT2D eigenvalue weighted by molar-refractivity contribution is 0.142. The monoisotopic (exact) mass is 373 g/mol. The normalized spacial score (nSPS) is 17.8. The summed E-state index contributed by atoms with van der Waals surface area (Å²) in [5.41, 5.74) is 2.01. The lowest BCUT2D eigenvalue weighted by Crippen LogP contribution is -2.46. The van der Waals surface area contributed by atoms with Gasteiger partial charge in [0.25, 0.3) is 0 Å². The summed E-state index contributed by atoms with van der Waals surface area (Å²) in [6, 6.07) is 10.3. The average Bonchev–Trinajstić information content (AvgIpc) is 3.22. The molecule has 1 unspecified atom stereocenters. The number of benzene rings is 1. The number of aromatic nitrogens is 3. The lowest BCUT2D eigenvalue weighted by Gasteiger charge is -2.35. The van der Waals surface area contributed by atoms with E-state index in [0.29, 0.717) is 5.89 Å². The second-order valence-corrected chi connectivity index (χ2v) is 6.47. The minimum Gasteiger partial charge on any atom is -0.441 e. The second-order valence-electron chi connectivity index (χ2n) is 6.47. The van der Waals surface area contributed by atoms with E-state index < -0.39 is 0 Å². The topological polar surface area (TPSA) is 59.1 Å². The first kappa shape index (κ1) is 18.6. The zero-order chi connectivity index (χ0) is 17.2. The fourth-order valence-electron chi connectivity index (χ4n) is 3.36. The molecule has 1 atom stereocenters. The quantitative estimate of drug-likeness (QED) is 0.762. The Morgan fingerprint density at radius 3 is 2.81 bits per heavy atom. The number of nitrogens with one attached hydrogen (secondary N) is 1. The molecule has 4 rings (SSSR count). The van der Waals surface area contributed by atoms with Gasteiger partial charge in [-0.2, -0.15) is 0 Å². The van der Waals surface area contributed by atoms with E-state index in [1.807, 2.05) is 56.7 Å². The second kappa shape index (κ2) is 8.03. The first-order valence-electron chi connectivity index (χ1n) is 8.66. The summed E-state index contributed by atoms with van der Waals surface area (Å²) in [5.74, 6) is 2.66. The molecule has 26 heavy (non-hydrogen) atoms. The summed E-state index contributed by atoms with van der Waals surface area (Å²) in [5, 5.41) is 3.47. The fraction of sp³-hybridized carbons (Fsp3) is 0.368. The largest absolute Gasteiger partial charge is 0.441 e. The molecule has 0 radical (unpaired) electrons. The van der Waals surface area contributed by atoms with Gasteiger partial charge in [0, 0.05) is 51.2 Å². The van der Waals surface area contributed by atoms with Gasteiger partial charge < -0.3 is 14.3 Å². The van der Waals surface area contributed by atoms with Crippen molar-refractivity contribution in [2.24, 2.45) is 7.05 Å². The van der Waals surface area contributed by atoms with Crippen molar-refractivity contribution in [3.63, 3.8) is 0 Å². The van der Waals surface area contributed by atoms with Gasteiger partial charge in [-0.3, -0.25) is 4.90 Å². The van der Waals surface area contributed by atoms with Crippen molar-refractivity contribution in [2.75, 3.05) is 19.6 Å². The van der Waals surface area contributed by atoms with Crippen molar-refractivity contribution in [3.05, 3.63) is 60.0 Å². The predicted molar refractivity (Wildman–Crippen MR) is 103 cm³/mol. The van der Waals surface area contributed by atoms with Crippen LogP contribution in [0.1, 0.15) is 23.3 Å². The molecule has 7 heteroatoms. The van der Waals surface area contributed by atoms with Crippen LogP contribution in [0.25, 0.3) is 11.5 Å². The highest BCUT2D eigenvalue weighted by Crippen LogP contribution is 2.26. The summed E-state index contributed by atoms with van der Waals surface area (Å²) in [6.07, 6.45) is 3.86. The molecule has 1 aromatic carbocycles. The number of rotatable bonds is 4. The molecule has 2 aromatic heterocycles. The number of nitrogens with zero attached hydrogens (tertiary/aromatic N) is 4. The van der Waals surface area contributed by atoms with Crippen molar-refractivity contribution in [1.82, 2.24) is 24.8 Å². The summed E-state index contributed by atoms with van der Waals surface area (Å²) in [7, 11) is 2.05. The number of piperazine rings is 1. The Bertz CT molecular complexity index is 845. The molecule has 1 N–H and O–H groups in total. The van der Waals surface area contributed by atoms with E-state index in [-0.39, 0.29) is 18.4 Å². The third-order valence-corrected chi connectivity index (χ3v) is 4.78. The molecular weight excluding hydrogens is 350 g/mol. The van der Waals surface area contributed by atoms with E-state index in [4.69, 9.17) is 9.40 Å². The van der Waals surface area contributed by atoms with Crippen LogP contribution >= 0.6 is 12.4 Å². The molecule has 138 valence electrons. The Hall–Kier alpha value is -2.15. The van der Waals surface area contributed by atoms with E-state index in [0.717, 1.165) is 49.0 Å². The Morgan fingerprint density at radius 1 is 1.27 bits per heavy atom. The smallest absolute Gasteiger partial charge is 0.226 e. The Kier molecular flexibility index (Phi) is 5.76. The molecule has 1 aliphatic heterocycles. The minimum absolute atomic E-state index is 0. The summed E-state index contributed by atoms with van der Waals surface area (Å²) in [4.78, 5) is 11.7. The van der Waals surface area contributed by atoms with Crippen LogP contribution in [0.2, 0.25) is 0 Å². The Balaban J connectivity index is 0.00000196. The SMILES string of the molecule is Cc1oc(-c2ccccc2)nc1CN1CCNCC1c1nccn1C.Cl. The highest BCUT2D eigenvalue weighted by Gasteiger charge is 2.28. The number of hydrogen-bond acceptors (Lipinski definition) is 5. The van der Waals surface area contributed by atoms with Crippen LogP contribution in [0, 0.1) is 6.92 Å². The van der Waals surface area contributed by atoms with Crippen LogP contribution in [-0.4, -0.2) is 39.1 Å². The summed E-state index contributed by atoms with van der Waals surface area (Å²) in [6.45, 7) is 5.59. The molecule has 1 fully saturated rings. The third-order valence-electron chi connectivity index (χ3n) is 4.78. The molecule has 0 spiro atoms. The molecule has 3 aromatic rings. The van der Waals surface area contributed by atoms with Gasteiger partial charge in [0.15, 0.2) is 0 Å². The maximum Gasteiger partial charge on any atom is 0.226 e. The van der Waals surface area contributed by atoms with E-state index in [2.05, 4.69) is 19.8 Å². The van der Waals surface area contributed by atoms with E-state index >= 15 is 0 Å². The Labute approximate surface area is 159 Å². The molecular formula is C19H24ClN5O. The summed E-state index contributed by atoms with van der Waals surface area (Å²) >= 11 is 0. The van der Waals surface area contributed by atoms with E-state index in [1.54, 1.807) is 0 Å². The van der Waals surface area contributed by atoms with E-state index in [1.165, 1.54) is 0 Å². The maximum atomic E-state index is 5.92. The minimum atomic E-state index is 0. The number of imidazole rings is 1. The van der Waals surface area contributed by atoms with Crippen LogP contribution in [-0.2, 0) is 13.6 Å². The Morgan fingerprint density at radius 2 is 2.08 bits per heavy atom. The van der Waals surface area contributed by atoms with E-state index in [9.17, 15) is 0 Å². The molecule has 0 amide bonds. The van der Waals surface area contributed by atoms with Crippen molar-refractivity contribution in [1.29, 1.82) is 0 Å². The molecule has 0 saturated carbocycles. The van der Waals surface area contributed by atoms with Crippen molar-refractivity contribution in [2.45, 2.75) is 19.5 Å². The van der Waals surface area contributed by atoms with Crippen LogP contribution in [0.3, 0.4) is 0 Å².